The standard InChI is InChI=1S/C20H37N3O3S.HI/c1-20(2)15-23(10-8-18(20)24)19(21-12-16-6-4-3-5-7-16)22-13-17-9-11-27(25,26)14-17;/h16-18,24H,3-15H2,1-2H3,(H,21,22);1H. The minimum Gasteiger partial charge on any atom is -0.392 e. The molecule has 0 radical (unpaired) electrons. The highest BCUT2D eigenvalue weighted by Gasteiger charge is 2.36. The lowest BCUT2D eigenvalue weighted by Gasteiger charge is -2.43. The van der Waals surface area contributed by atoms with E-state index in [4.69, 9.17) is 4.99 Å². The number of aliphatic imine (C=N–C) groups is 1. The number of rotatable bonds is 4. The molecular formula is C20H38IN3O3S. The van der Waals surface area contributed by atoms with Gasteiger partial charge in [0.25, 0.3) is 0 Å². The van der Waals surface area contributed by atoms with Crippen molar-refractivity contribution in [2.45, 2.75) is 64.9 Å². The number of nitrogens with one attached hydrogen (secondary N) is 1. The number of piperidine rings is 1. The largest absolute Gasteiger partial charge is 0.392 e. The minimum absolute atomic E-state index is 0. The van der Waals surface area contributed by atoms with Crippen LogP contribution in [0.1, 0.15) is 58.8 Å². The number of aliphatic hydroxyl groups is 1. The van der Waals surface area contributed by atoms with Gasteiger partial charge in [-0.3, -0.25) is 4.99 Å². The highest BCUT2D eigenvalue weighted by atomic mass is 127. The Morgan fingerprint density at radius 3 is 2.46 bits per heavy atom. The fourth-order valence-electron chi connectivity index (χ4n) is 4.65. The molecule has 2 atom stereocenters. The van der Waals surface area contributed by atoms with Gasteiger partial charge in [-0.1, -0.05) is 33.1 Å². The molecule has 0 aromatic carbocycles. The van der Waals surface area contributed by atoms with E-state index in [1.807, 2.05) is 0 Å². The Bertz CT molecular complexity index is 633. The van der Waals surface area contributed by atoms with Gasteiger partial charge in [-0.05, 0) is 37.5 Å². The van der Waals surface area contributed by atoms with Crippen molar-refractivity contribution in [1.29, 1.82) is 0 Å². The molecule has 1 saturated carbocycles. The van der Waals surface area contributed by atoms with Gasteiger partial charge in [0.15, 0.2) is 15.8 Å². The van der Waals surface area contributed by atoms with Gasteiger partial charge < -0.3 is 15.3 Å². The van der Waals surface area contributed by atoms with E-state index in [1.165, 1.54) is 32.1 Å². The molecular weight excluding hydrogens is 489 g/mol. The Morgan fingerprint density at radius 1 is 1.14 bits per heavy atom. The first-order valence-corrected chi connectivity index (χ1v) is 12.5. The monoisotopic (exact) mass is 527 g/mol. The average Bonchev–Trinajstić information content (AvgIpc) is 2.97. The molecule has 3 fully saturated rings. The number of hydrogen-bond donors (Lipinski definition) is 2. The van der Waals surface area contributed by atoms with E-state index >= 15 is 0 Å². The molecule has 2 aliphatic heterocycles. The molecule has 0 spiro atoms. The maximum atomic E-state index is 11.7. The van der Waals surface area contributed by atoms with Crippen LogP contribution in [0.4, 0.5) is 0 Å². The van der Waals surface area contributed by atoms with Gasteiger partial charge in [0.05, 0.1) is 17.6 Å². The Kier molecular flexibility index (Phi) is 8.88. The maximum Gasteiger partial charge on any atom is 0.193 e. The van der Waals surface area contributed by atoms with Crippen molar-refractivity contribution in [3.05, 3.63) is 0 Å². The highest BCUT2D eigenvalue weighted by Crippen LogP contribution is 2.29. The normalized spacial score (nSPS) is 30.7. The average molecular weight is 528 g/mol. The Labute approximate surface area is 187 Å². The topological polar surface area (TPSA) is 82.0 Å². The first-order chi connectivity index (χ1) is 12.8. The third-order valence-electron chi connectivity index (χ3n) is 6.57. The molecule has 0 amide bonds. The van der Waals surface area contributed by atoms with Crippen LogP contribution in [-0.2, 0) is 9.84 Å². The lowest BCUT2D eigenvalue weighted by Crippen LogP contribution is -2.54. The zero-order valence-corrected chi connectivity index (χ0v) is 20.5. The van der Waals surface area contributed by atoms with Crippen LogP contribution in [0.5, 0.6) is 0 Å². The number of halogens is 1. The van der Waals surface area contributed by atoms with E-state index in [9.17, 15) is 13.5 Å². The van der Waals surface area contributed by atoms with Gasteiger partial charge in [-0.2, -0.15) is 0 Å². The molecule has 0 aromatic heterocycles. The molecule has 1 aliphatic carbocycles. The summed E-state index contributed by atoms with van der Waals surface area (Å²) >= 11 is 0. The summed E-state index contributed by atoms with van der Waals surface area (Å²) in [5, 5.41) is 13.9. The van der Waals surface area contributed by atoms with Crippen molar-refractivity contribution in [3.63, 3.8) is 0 Å². The van der Waals surface area contributed by atoms with Gasteiger partial charge in [0.2, 0.25) is 0 Å². The molecule has 2 saturated heterocycles. The zero-order chi connectivity index (χ0) is 19.5. The summed E-state index contributed by atoms with van der Waals surface area (Å²) in [7, 11) is -2.86. The van der Waals surface area contributed by atoms with Gasteiger partial charge >= 0.3 is 0 Å². The molecule has 28 heavy (non-hydrogen) atoms. The molecule has 3 aliphatic rings. The van der Waals surface area contributed by atoms with Crippen molar-refractivity contribution in [2.75, 3.05) is 37.7 Å². The highest BCUT2D eigenvalue weighted by molar-refractivity contribution is 14.0. The van der Waals surface area contributed by atoms with E-state index in [2.05, 4.69) is 24.1 Å². The van der Waals surface area contributed by atoms with Crippen LogP contribution in [-0.4, -0.2) is 68.2 Å². The first kappa shape index (κ1) is 24.2. The van der Waals surface area contributed by atoms with Gasteiger partial charge in [-0.15, -0.1) is 24.0 Å². The second-order valence-corrected chi connectivity index (χ2v) is 11.8. The second kappa shape index (κ2) is 10.3. The fraction of sp³-hybridized carbons (Fsp3) is 0.950. The van der Waals surface area contributed by atoms with E-state index in [-0.39, 0.29) is 47.2 Å². The van der Waals surface area contributed by atoms with Crippen molar-refractivity contribution >= 4 is 39.8 Å². The summed E-state index contributed by atoms with van der Waals surface area (Å²) < 4.78 is 23.5. The SMILES string of the molecule is CC1(C)CN(C(=NCC2CCS(=O)(=O)C2)NCC2CCCCC2)CCC1O.I. The molecule has 2 heterocycles. The molecule has 2 N–H and O–H groups in total. The lowest BCUT2D eigenvalue weighted by molar-refractivity contribution is -0.00511. The summed E-state index contributed by atoms with van der Waals surface area (Å²) in [5.74, 6) is 2.34. The fourth-order valence-corrected chi connectivity index (χ4v) is 6.50. The van der Waals surface area contributed by atoms with Crippen molar-refractivity contribution in [1.82, 2.24) is 10.2 Å². The zero-order valence-electron chi connectivity index (χ0n) is 17.4. The van der Waals surface area contributed by atoms with Crippen LogP contribution < -0.4 is 5.32 Å². The van der Waals surface area contributed by atoms with Crippen LogP contribution in [0, 0.1) is 17.3 Å². The minimum atomic E-state index is -2.86. The number of aliphatic hydroxyl groups excluding tert-OH is 1. The lowest BCUT2D eigenvalue weighted by atomic mass is 9.81. The number of nitrogens with zero attached hydrogens (tertiary/aromatic N) is 2. The van der Waals surface area contributed by atoms with Crippen molar-refractivity contribution < 1.29 is 13.5 Å². The molecule has 6 nitrogen and oxygen atoms in total. The summed E-state index contributed by atoms with van der Waals surface area (Å²) in [6, 6.07) is 0. The Morgan fingerprint density at radius 2 is 1.86 bits per heavy atom. The molecule has 0 aromatic rings. The Hall–Kier alpha value is -0.0900. The summed E-state index contributed by atoms with van der Waals surface area (Å²) in [4.78, 5) is 7.12. The number of hydrogen-bond acceptors (Lipinski definition) is 4. The van der Waals surface area contributed by atoms with Gasteiger partial charge in [0, 0.05) is 31.6 Å². The van der Waals surface area contributed by atoms with Crippen LogP contribution in [0.25, 0.3) is 0 Å². The predicted molar refractivity (Wildman–Crippen MR) is 125 cm³/mol. The third-order valence-corrected chi connectivity index (χ3v) is 8.41. The quantitative estimate of drug-likeness (QED) is 0.334. The molecule has 3 rings (SSSR count). The van der Waals surface area contributed by atoms with Gasteiger partial charge in [0.1, 0.15) is 0 Å². The van der Waals surface area contributed by atoms with Crippen molar-refractivity contribution in [3.8, 4) is 0 Å². The summed E-state index contributed by atoms with van der Waals surface area (Å²) in [5.41, 5.74) is -0.164. The second-order valence-electron chi connectivity index (χ2n) is 9.53. The first-order valence-electron chi connectivity index (χ1n) is 10.7. The van der Waals surface area contributed by atoms with E-state index in [0.717, 1.165) is 38.4 Å². The van der Waals surface area contributed by atoms with Crippen LogP contribution in [0.15, 0.2) is 4.99 Å². The number of guanidine groups is 1. The van der Waals surface area contributed by atoms with Crippen LogP contribution in [0.3, 0.4) is 0 Å². The maximum absolute atomic E-state index is 11.7. The van der Waals surface area contributed by atoms with Crippen LogP contribution in [0.2, 0.25) is 0 Å². The molecule has 0 bridgehead atoms. The van der Waals surface area contributed by atoms with Gasteiger partial charge in [-0.25, -0.2) is 8.42 Å². The van der Waals surface area contributed by atoms with Crippen molar-refractivity contribution in [2.24, 2.45) is 22.2 Å². The summed E-state index contributed by atoms with van der Waals surface area (Å²) in [6.07, 6.45) is 7.75. The third kappa shape index (κ3) is 6.72. The van der Waals surface area contributed by atoms with E-state index in [0.29, 0.717) is 18.2 Å². The smallest absolute Gasteiger partial charge is 0.193 e. The summed E-state index contributed by atoms with van der Waals surface area (Å²) in [6.45, 7) is 7.29. The molecule has 164 valence electrons. The molecule has 2 unspecified atom stereocenters. The van der Waals surface area contributed by atoms with Crippen LogP contribution >= 0.6 is 24.0 Å². The molecule has 8 heteroatoms. The number of sulfone groups is 1. The van der Waals surface area contributed by atoms with E-state index in [1.54, 1.807) is 0 Å². The van der Waals surface area contributed by atoms with E-state index < -0.39 is 9.84 Å². The Balaban J connectivity index is 0.00000280. The number of likely N-dealkylation sites (tertiary alicyclic amines) is 1. The predicted octanol–water partition coefficient (Wildman–Crippen LogP) is 2.66.